The average Bonchev–Trinajstić information content (AvgIpc) is 3.42. The van der Waals surface area contributed by atoms with Gasteiger partial charge in [-0.05, 0) is 75.2 Å². The van der Waals surface area contributed by atoms with E-state index in [1.54, 1.807) is 25.3 Å². The van der Waals surface area contributed by atoms with Crippen LogP contribution in [0, 0.1) is 10.5 Å². The number of methoxy groups -OCH3 is 1. The lowest BCUT2D eigenvalue weighted by molar-refractivity contribution is -0.120. The molecule has 1 aromatic heterocycles. The Balaban J connectivity index is 1.17. The number of aryl methyl sites for hydroxylation is 1. The number of ether oxygens (including phenoxy) is 2. The first-order chi connectivity index (χ1) is 20.4. The molecule has 11 heteroatoms. The zero-order valence-corrected chi connectivity index (χ0v) is 25.7. The highest BCUT2D eigenvalue weighted by atomic mass is 127. The SMILES string of the molecule is COc1cc(C=NNC(=O)Cc2nnc(NC(=O)c3ccccc3C)s2)cc(I)c1OCc1cccc2ccccc12. The van der Waals surface area contributed by atoms with Crippen molar-refractivity contribution in [2.45, 2.75) is 20.0 Å². The molecule has 2 N–H and O–H groups in total. The number of anilines is 1. The van der Waals surface area contributed by atoms with Gasteiger partial charge in [0.25, 0.3) is 5.91 Å². The van der Waals surface area contributed by atoms with E-state index >= 15 is 0 Å². The summed E-state index contributed by atoms with van der Waals surface area (Å²) in [5.41, 5.74) is 5.72. The van der Waals surface area contributed by atoms with E-state index in [1.165, 1.54) is 6.21 Å². The van der Waals surface area contributed by atoms with Gasteiger partial charge in [0.1, 0.15) is 11.6 Å². The summed E-state index contributed by atoms with van der Waals surface area (Å²) in [7, 11) is 1.58. The highest BCUT2D eigenvalue weighted by Crippen LogP contribution is 2.34. The van der Waals surface area contributed by atoms with Crippen molar-refractivity contribution >= 4 is 67.9 Å². The lowest BCUT2D eigenvalue weighted by Gasteiger charge is -2.14. The van der Waals surface area contributed by atoms with Gasteiger partial charge in [-0.3, -0.25) is 14.9 Å². The van der Waals surface area contributed by atoms with Gasteiger partial charge in [0.15, 0.2) is 11.5 Å². The van der Waals surface area contributed by atoms with Crippen LogP contribution < -0.4 is 20.2 Å². The maximum Gasteiger partial charge on any atom is 0.257 e. The highest BCUT2D eigenvalue weighted by Gasteiger charge is 2.15. The Labute approximate surface area is 260 Å². The summed E-state index contributed by atoms with van der Waals surface area (Å²) < 4.78 is 12.6. The number of nitrogens with zero attached hydrogens (tertiary/aromatic N) is 3. The highest BCUT2D eigenvalue weighted by molar-refractivity contribution is 14.1. The van der Waals surface area contributed by atoms with Crippen LogP contribution in [0.2, 0.25) is 0 Å². The number of hydrogen-bond acceptors (Lipinski definition) is 8. The van der Waals surface area contributed by atoms with Crippen molar-refractivity contribution in [2.75, 3.05) is 12.4 Å². The van der Waals surface area contributed by atoms with Gasteiger partial charge >= 0.3 is 0 Å². The average molecular weight is 692 g/mol. The first-order valence-electron chi connectivity index (χ1n) is 12.9. The summed E-state index contributed by atoms with van der Waals surface area (Å²) in [6.07, 6.45) is 1.50. The van der Waals surface area contributed by atoms with Crippen molar-refractivity contribution in [3.05, 3.63) is 110 Å². The molecule has 0 atom stereocenters. The van der Waals surface area contributed by atoms with Gasteiger partial charge in [-0.1, -0.05) is 72.0 Å². The Morgan fingerprint density at radius 2 is 1.81 bits per heavy atom. The Kier molecular flexibility index (Phi) is 9.39. The normalized spacial score (nSPS) is 11.0. The Bertz CT molecular complexity index is 1780. The van der Waals surface area contributed by atoms with Crippen LogP contribution in [0.5, 0.6) is 11.5 Å². The summed E-state index contributed by atoms with van der Waals surface area (Å²) in [4.78, 5) is 24.9. The molecule has 0 saturated heterocycles. The molecule has 9 nitrogen and oxygen atoms in total. The van der Waals surface area contributed by atoms with Crippen LogP contribution in [0.25, 0.3) is 10.8 Å². The minimum Gasteiger partial charge on any atom is -0.493 e. The van der Waals surface area contributed by atoms with Gasteiger partial charge in [0.05, 0.1) is 23.3 Å². The van der Waals surface area contributed by atoms with Crippen LogP contribution in [0.15, 0.2) is 84.0 Å². The van der Waals surface area contributed by atoms with Gasteiger partial charge in [0.2, 0.25) is 11.0 Å². The van der Waals surface area contributed by atoms with Crippen molar-refractivity contribution in [3.8, 4) is 11.5 Å². The van der Waals surface area contributed by atoms with E-state index in [9.17, 15) is 9.59 Å². The molecule has 212 valence electrons. The van der Waals surface area contributed by atoms with Gasteiger partial charge in [-0.15, -0.1) is 10.2 Å². The van der Waals surface area contributed by atoms with Gasteiger partial charge in [-0.2, -0.15) is 5.10 Å². The number of nitrogens with one attached hydrogen (secondary N) is 2. The number of aromatic nitrogens is 2. The lowest BCUT2D eigenvalue weighted by Crippen LogP contribution is -2.19. The summed E-state index contributed by atoms with van der Waals surface area (Å²) in [5, 5.41) is 17.8. The van der Waals surface area contributed by atoms with E-state index in [0.29, 0.717) is 33.8 Å². The van der Waals surface area contributed by atoms with E-state index in [-0.39, 0.29) is 18.2 Å². The Morgan fingerprint density at radius 1 is 1.02 bits per heavy atom. The topological polar surface area (TPSA) is 115 Å². The van der Waals surface area contributed by atoms with Crippen molar-refractivity contribution in [1.29, 1.82) is 0 Å². The predicted molar refractivity (Wildman–Crippen MR) is 172 cm³/mol. The number of carbonyl (C=O) groups is 2. The maximum absolute atomic E-state index is 12.5. The number of hydrogen-bond donors (Lipinski definition) is 2. The van der Waals surface area contributed by atoms with Crippen LogP contribution in [0.4, 0.5) is 5.13 Å². The van der Waals surface area contributed by atoms with E-state index in [2.05, 4.69) is 72.9 Å². The summed E-state index contributed by atoms with van der Waals surface area (Å²) in [6, 6.07) is 25.3. The third-order valence-electron chi connectivity index (χ3n) is 6.30. The monoisotopic (exact) mass is 691 g/mol. The van der Waals surface area contributed by atoms with Crippen LogP contribution in [0.3, 0.4) is 0 Å². The number of halogens is 1. The first-order valence-corrected chi connectivity index (χ1v) is 14.8. The molecule has 1 heterocycles. The van der Waals surface area contributed by atoms with Crippen LogP contribution in [-0.4, -0.2) is 35.3 Å². The largest absolute Gasteiger partial charge is 0.493 e. The molecule has 0 aliphatic heterocycles. The third kappa shape index (κ3) is 7.09. The number of fused-ring (bicyclic) bond motifs is 1. The molecule has 0 unspecified atom stereocenters. The second kappa shape index (κ2) is 13.5. The second-order valence-corrected chi connectivity index (χ2v) is 11.4. The predicted octanol–water partition coefficient (Wildman–Crippen LogP) is 6.14. The zero-order chi connectivity index (χ0) is 29.5. The second-order valence-electron chi connectivity index (χ2n) is 9.20. The molecule has 0 radical (unpaired) electrons. The standard InChI is InChI=1S/C31H26IN5O4S/c1-19-8-3-5-12-23(19)30(39)34-31-37-36-28(42-31)16-27(38)35-33-17-20-14-25(32)29(26(15-20)40-2)41-18-22-11-7-10-21-9-4-6-13-24(21)22/h3-15,17H,16,18H2,1-2H3,(H,35,38)(H,34,37,39). The van der Waals surface area contributed by atoms with Crippen LogP contribution >= 0.6 is 33.9 Å². The number of benzene rings is 4. The number of rotatable bonds is 10. The molecule has 0 fully saturated rings. The smallest absolute Gasteiger partial charge is 0.257 e. The number of carbonyl (C=O) groups excluding carboxylic acids is 2. The molecule has 0 spiro atoms. The van der Waals surface area contributed by atoms with E-state index in [4.69, 9.17) is 9.47 Å². The minimum atomic E-state index is -0.365. The van der Waals surface area contributed by atoms with Crippen LogP contribution in [-0.2, 0) is 17.8 Å². The van der Waals surface area contributed by atoms with Gasteiger partial charge in [-0.25, -0.2) is 5.43 Å². The van der Waals surface area contributed by atoms with Crippen LogP contribution in [0.1, 0.15) is 32.1 Å². The molecular weight excluding hydrogens is 665 g/mol. The zero-order valence-electron chi connectivity index (χ0n) is 22.8. The minimum absolute atomic E-state index is 0.0307. The molecule has 0 bridgehead atoms. The molecule has 4 aromatic carbocycles. The van der Waals surface area contributed by atoms with E-state index < -0.39 is 0 Å². The van der Waals surface area contributed by atoms with Crippen molar-refractivity contribution in [2.24, 2.45) is 5.10 Å². The van der Waals surface area contributed by atoms with Crippen molar-refractivity contribution in [1.82, 2.24) is 15.6 Å². The molecule has 5 aromatic rings. The molecular formula is C31H26IN5O4S. The molecule has 0 aliphatic carbocycles. The Morgan fingerprint density at radius 3 is 2.64 bits per heavy atom. The first kappa shape index (κ1) is 29.1. The molecule has 2 amide bonds. The third-order valence-corrected chi connectivity index (χ3v) is 7.94. The number of amides is 2. The van der Waals surface area contributed by atoms with E-state index in [0.717, 1.165) is 42.4 Å². The van der Waals surface area contributed by atoms with E-state index in [1.807, 2.05) is 43.3 Å². The summed E-state index contributed by atoms with van der Waals surface area (Å²) >= 11 is 3.33. The number of hydrazone groups is 1. The molecule has 42 heavy (non-hydrogen) atoms. The van der Waals surface area contributed by atoms with Gasteiger partial charge in [0, 0.05) is 5.56 Å². The quantitative estimate of drug-likeness (QED) is 0.103. The van der Waals surface area contributed by atoms with Crippen molar-refractivity contribution in [3.63, 3.8) is 0 Å². The summed E-state index contributed by atoms with van der Waals surface area (Å²) in [5.74, 6) is 0.550. The maximum atomic E-state index is 12.5. The fourth-order valence-electron chi connectivity index (χ4n) is 4.25. The lowest BCUT2D eigenvalue weighted by atomic mass is 10.1. The fourth-order valence-corrected chi connectivity index (χ4v) is 5.76. The fraction of sp³-hybridized carbons (Fsp3) is 0.129. The molecule has 0 saturated carbocycles. The Hall–Kier alpha value is -4.36. The van der Waals surface area contributed by atoms with Gasteiger partial charge < -0.3 is 9.47 Å². The molecule has 5 rings (SSSR count). The molecule has 0 aliphatic rings. The summed E-state index contributed by atoms with van der Waals surface area (Å²) in [6.45, 7) is 2.25. The van der Waals surface area contributed by atoms with Crippen molar-refractivity contribution < 1.29 is 19.1 Å².